The Morgan fingerprint density at radius 2 is 2.19 bits per heavy atom. The molecule has 0 radical (unpaired) electrons. The quantitative estimate of drug-likeness (QED) is 0.772. The minimum Gasteiger partial charge on any atom is -0.381 e. The Bertz CT molecular complexity index is 326. The largest absolute Gasteiger partial charge is 0.381 e. The van der Waals surface area contributed by atoms with Gasteiger partial charge in [0.1, 0.15) is 0 Å². The topological polar surface area (TPSA) is 50.9 Å². The monoisotopic (exact) mass is 223 g/mol. The third-order valence-electron chi connectivity index (χ3n) is 3.29. The molecule has 1 aliphatic rings. The molecule has 1 fully saturated rings. The van der Waals surface area contributed by atoms with Gasteiger partial charge < -0.3 is 11.1 Å². The van der Waals surface area contributed by atoms with Crippen LogP contribution in [0, 0.1) is 11.9 Å². The first-order valence-corrected chi connectivity index (χ1v) is 5.88. The van der Waals surface area contributed by atoms with Crippen LogP contribution < -0.4 is 11.1 Å². The third kappa shape index (κ3) is 2.70. The van der Waals surface area contributed by atoms with E-state index < -0.39 is 5.95 Å². The number of hydrogen-bond acceptors (Lipinski definition) is 3. The van der Waals surface area contributed by atoms with Gasteiger partial charge in [-0.1, -0.05) is 12.8 Å². The van der Waals surface area contributed by atoms with Crippen LogP contribution in [0.3, 0.4) is 0 Å². The molecule has 2 unspecified atom stereocenters. The van der Waals surface area contributed by atoms with Crippen molar-refractivity contribution in [3.63, 3.8) is 0 Å². The second kappa shape index (κ2) is 5.25. The maximum absolute atomic E-state index is 12.6. The normalized spacial score (nSPS) is 25.4. The van der Waals surface area contributed by atoms with Crippen LogP contribution in [-0.4, -0.2) is 17.6 Å². The van der Waals surface area contributed by atoms with Gasteiger partial charge in [-0.25, -0.2) is 4.98 Å². The zero-order chi connectivity index (χ0) is 11.4. The van der Waals surface area contributed by atoms with Crippen molar-refractivity contribution in [1.29, 1.82) is 0 Å². The van der Waals surface area contributed by atoms with Crippen molar-refractivity contribution >= 4 is 5.69 Å². The van der Waals surface area contributed by atoms with Crippen molar-refractivity contribution in [3.8, 4) is 0 Å². The number of aromatic nitrogens is 1. The second-order valence-electron chi connectivity index (χ2n) is 4.40. The highest BCUT2D eigenvalue weighted by Gasteiger charge is 2.23. The molecule has 4 heteroatoms. The molecule has 0 spiro atoms. The van der Waals surface area contributed by atoms with Crippen molar-refractivity contribution in [2.24, 2.45) is 11.7 Å². The number of nitrogens with zero attached hydrogens (tertiary/aromatic N) is 1. The lowest BCUT2D eigenvalue weighted by atomic mass is 9.84. The molecule has 88 valence electrons. The van der Waals surface area contributed by atoms with Gasteiger partial charge in [0.05, 0.1) is 11.9 Å². The van der Waals surface area contributed by atoms with Crippen LogP contribution in [0.4, 0.5) is 10.1 Å². The Morgan fingerprint density at radius 1 is 1.38 bits per heavy atom. The van der Waals surface area contributed by atoms with Gasteiger partial charge in [0.2, 0.25) is 5.95 Å². The van der Waals surface area contributed by atoms with Gasteiger partial charge in [-0.2, -0.15) is 4.39 Å². The summed E-state index contributed by atoms with van der Waals surface area (Å²) in [5.41, 5.74) is 6.64. The van der Waals surface area contributed by atoms with Crippen LogP contribution in [0.2, 0.25) is 0 Å². The highest BCUT2D eigenvalue weighted by molar-refractivity contribution is 5.41. The summed E-state index contributed by atoms with van der Waals surface area (Å²) in [6.07, 6.45) is 6.37. The smallest absolute Gasteiger partial charge is 0.212 e. The fourth-order valence-electron chi connectivity index (χ4n) is 2.36. The van der Waals surface area contributed by atoms with Crippen molar-refractivity contribution in [2.45, 2.75) is 31.7 Å². The molecule has 0 amide bonds. The summed E-state index contributed by atoms with van der Waals surface area (Å²) in [5.74, 6) is 0.0865. The molecule has 1 aliphatic carbocycles. The molecule has 1 saturated carbocycles. The van der Waals surface area contributed by atoms with Gasteiger partial charge >= 0.3 is 0 Å². The lowest BCUT2D eigenvalue weighted by Crippen LogP contribution is -2.36. The van der Waals surface area contributed by atoms with E-state index in [1.807, 2.05) is 0 Å². The molecule has 0 saturated heterocycles. The van der Waals surface area contributed by atoms with Crippen LogP contribution in [0.15, 0.2) is 18.3 Å². The molecular weight excluding hydrogens is 205 g/mol. The summed E-state index contributed by atoms with van der Waals surface area (Å²) in [5, 5.41) is 3.40. The summed E-state index contributed by atoms with van der Waals surface area (Å²) in [6.45, 7) is 0.715. The number of rotatable bonds is 3. The van der Waals surface area contributed by atoms with E-state index in [0.717, 1.165) is 12.1 Å². The highest BCUT2D eigenvalue weighted by Crippen LogP contribution is 2.26. The van der Waals surface area contributed by atoms with Gasteiger partial charge in [0.25, 0.3) is 0 Å². The number of nitrogens with one attached hydrogen (secondary N) is 1. The Balaban J connectivity index is 1.99. The summed E-state index contributed by atoms with van der Waals surface area (Å²) >= 11 is 0. The first-order chi connectivity index (χ1) is 7.79. The summed E-state index contributed by atoms with van der Waals surface area (Å²) in [4.78, 5) is 3.64. The van der Waals surface area contributed by atoms with Gasteiger partial charge in [-0.3, -0.25) is 0 Å². The summed E-state index contributed by atoms with van der Waals surface area (Å²) in [7, 11) is 0. The minimum absolute atomic E-state index is 0.408. The fraction of sp³-hybridized carbons (Fsp3) is 0.583. The number of hydrogen-bond donors (Lipinski definition) is 2. The molecular formula is C12H18FN3. The van der Waals surface area contributed by atoms with Gasteiger partial charge in [0, 0.05) is 6.04 Å². The molecule has 0 aliphatic heterocycles. The maximum atomic E-state index is 12.6. The number of anilines is 1. The van der Waals surface area contributed by atoms with E-state index in [1.165, 1.54) is 31.5 Å². The van der Waals surface area contributed by atoms with E-state index in [0.29, 0.717) is 18.5 Å². The summed E-state index contributed by atoms with van der Waals surface area (Å²) in [6, 6.07) is 3.51. The van der Waals surface area contributed by atoms with E-state index in [-0.39, 0.29) is 0 Å². The lowest BCUT2D eigenvalue weighted by molar-refractivity contribution is 0.332. The number of halogens is 1. The number of nitrogens with two attached hydrogens (primary N) is 1. The Labute approximate surface area is 95.3 Å². The van der Waals surface area contributed by atoms with Crippen LogP contribution >= 0.6 is 0 Å². The van der Waals surface area contributed by atoms with E-state index in [9.17, 15) is 4.39 Å². The standard InChI is InChI=1S/C12H18FN3/c13-12-6-5-10(8-15-12)16-11-4-2-1-3-9(11)7-14/h5-6,8-9,11,16H,1-4,7,14H2. The fourth-order valence-corrected chi connectivity index (χ4v) is 2.36. The first-order valence-electron chi connectivity index (χ1n) is 5.88. The van der Waals surface area contributed by atoms with Gasteiger partial charge in [0.15, 0.2) is 0 Å². The second-order valence-corrected chi connectivity index (χ2v) is 4.40. The van der Waals surface area contributed by atoms with Crippen molar-refractivity contribution in [1.82, 2.24) is 4.98 Å². The van der Waals surface area contributed by atoms with Crippen molar-refractivity contribution in [3.05, 3.63) is 24.3 Å². The van der Waals surface area contributed by atoms with Crippen LogP contribution in [0.25, 0.3) is 0 Å². The predicted octanol–water partition coefficient (Wildman–Crippen LogP) is 2.15. The number of pyridine rings is 1. The minimum atomic E-state index is -0.440. The molecule has 3 nitrogen and oxygen atoms in total. The molecule has 1 heterocycles. The van der Waals surface area contributed by atoms with Crippen molar-refractivity contribution in [2.75, 3.05) is 11.9 Å². The van der Waals surface area contributed by atoms with E-state index in [4.69, 9.17) is 5.73 Å². The van der Waals surface area contributed by atoms with Gasteiger partial charge in [-0.15, -0.1) is 0 Å². The third-order valence-corrected chi connectivity index (χ3v) is 3.29. The Kier molecular flexibility index (Phi) is 3.72. The molecule has 2 atom stereocenters. The summed E-state index contributed by atoms with van der Waals surface area (Å²) < 4.78 is 12.6. The Hall–Kier alpha value is -1.16. The van der Waals surface area contributed by atoms with E-state index in [1.54, 1.807) is 6.07 Å². The molecule has 1 aromatic heterocycles. The zero-order valence-corrected chi connectivity index (χ0v) is 9.32. The molecule has 3 N–H and O–H groups in total. The van der Waals surface area contributed by atoms with Crippen LogP contribution in [-0.2, 0) is 0 Å². The highest BCUT2D eigenvalue weighted by atomic mass is 19.1. The molecule has 1 aromatic rings. The predicted molar refractivity (Wildman–Crippen MR) is 62.6 cm³/mol. The van der Waals surface area contributed by atoms with E-state index in [2.05, 4.69) is 10.3 Å². The average Bonchev–Trinajstić information content (AvgIpc) is 2.33. The maximum Gasteiger partial charge on any atom is 0.212 e. The average molecular weight is 223 g/mol. The zero-order valence-electron chi connectivity index (χ0n) is 9.32. The first kappa shape index (κ1) is 11.3. The Morgan fingerprint density at radius 3 is 2.88 bits per heavy atom. The van der Waals surface area contributed by atoms with Crippen molar-refractivity contribution < 1.29 is 4.39 Å². The molecule has 2 rings (SSSR count). The van der Waals surface area contributed by atoms with Gasteiger partial charge in [-0.05, 0) is 37.4 Å². The van der Waals surface area contributed by atoms with Crippen LogP contribution in [0.1, 0.15) is 25.7 Å². The van der Waals surface area contributed by atoms with E-state index >= 15 is 0 Å². The molecule has 0 bridgehead atoms. The lowest BCUT2D eigenvalue weighted by Gasteiger charge is -2.31. The molecule has 0 aromatic carbocycles. The molecule has 16 heavy (non-hydrogen) atoms. The SMILES string of the molecule is NCC1CCCCC1Nc1ccc(F)nc1. The van der Waals surface area contributed by atoms with Crippen LogP contribution in [0.5, 0.6) is 0 Å².